The van der Waals surface area contributed by atoms with Crippen LogP contribution >= 0.6 is 0 Å². The number of ketones is 1. The zero-order valence-electron chi connectivity index (χ0n) is 12.8. The number of likely N-dealkylation sites (N-methyl/N-ethyl adjacent to an activating group) is 1. The molecule has 1 aliphatic heterocycles. The van der Waals surface area contributed by atoms with Crippen molar-refractivity contribution >= 4 is 5.78 Å². The minimum Gasteiger partial charge on any atom is -0.377 e. The second-order valence-corrected chi connectivity index (χ2v) is 5.83. The highest BCUT2D eigenvalue weighted by Crippen LogP contribution is 2.16. The summed E-state index contributed by atoms with van der Waals surface area (Å²) in [6.07, 6.45) is 3.79. The van der Waals surface area contributed by atoms with Crippen LogP contribution in [-0.2, 0) is 4.74 Å². The number of ether oxygens (including phenoxy) is 1. The molecular weight excluding hydrogens is 250 g/mol. The predicted molar refractivity (Wildman–Crippen MR) is 81.2 cm³/mol. The number of Topliss-reactive ketones (excluding diaryl/α,β-unsaturated/α-hetero) is 1. The first-order valence-electron chi connectivity index (χ1n) is 7.50. The molecule has 0 radical (unpaired) electrons. The van der Waals surface area contributed by atoms with Gasteiger partial charge in [0, 0.05) is 18.7 Å². The van der Waals surface area contributed by atoms with Crippen LogP contribution in [0.1, 0.15) is 42.1 Å². The minimum absolute atomic E-state index is 0.108. The number of carbonyl (C=O) groups is 1. The largest absolute Gasteiger partial charge is 0.377 e. The van der Waals surface area contributed by atoms with Gasteiger partial charge in [0.2, 0.25) is 0 Å². The Morgan fingerprint density at radius 1 is 1.35 bits per heavy atom. The maximum atomic E-state index is 12.5. The fourth-order valence-corrected chi connectivity index (χ4v) is 2.59. The first-order chi connectivity index (χ1) is 9.58. The molecule has 20 heavy (non-hydrogen) atoms. The minimum atomic E-state index is -0.108. The SMILES string of the molecule is Cc1ccc(C(=O)C(C)N(C)CC2CCCCO2)cc1. The van der Waals surface area contributed by atoms with Crippen molar-refractivity contribution in [1.29, 1.82) is 0 Å². The fourth-order valence-electron chi connectivity index (χ4n) is 2.59. The Bertz CT molecular complexity index is 435. The zero-order chi connectivity index (χ0) is 14.5. The molecule has 0 aliphatic carbocycles. The van der Waals surface area contributed by atoms with Crippen molar-refractivity contribution in [2.24, 2.45) is 0 Å². The number of nitrogens with zero attached hydrogens (tertiary/aromatic N) is 1. The van der Waals surface area contributed by atoms with Crippen LogP contribution in [0.25, 0.3) is 0 Å². The van der Waals surface area contributed by atoms with E-state index in [0.29, 0.717) is 0 Å². The molecule has 0 N–H and O–H groups in total. The summed E-state index contributed by atoms with van der Waals surface area (Å²) in [5.41, 5.74) is 1.97. The summed E-state index contributed by atoms with van der Waals surface area (Å²) in [7, 11) is 2.01. The Kier molecular flexibility index (Phi) is 5.32. The number of carbonyl (C=O) groups excluding carboxylic acids is 1. The number of benzene rings is 1. The highest BCUT2D eigenvalue weighted by Gasteiger charge is 2.23. The van der Waals surface area contributed by atoms with Crippen LogP contribution in [0.4, 0.5) is 0 Å². The maximum Gasteiger partial charge on any atom is 0.179 e. The van der Waals surface area contributed by atoms with E-state index < -0.39 is 0 Å². The lowest BCUT2D eigenvalue weighted by molar-refractivity contribution is -0.00577. The summed E-state index contributed by atoms with van der Waals surface area (Å²) >= 11 is 0. The molecule has 2 rings (SSSR count). The average Bonchev–Trinajstić information content (AvgIpc) is 2.47. The van der Waals surface area contributed by atoms with Crippen molar-refractivity contribution in [3.8, 4) is 0 Å². The van der Waals surface area contributed by atoms with Crippen molar-refractivity contribution in [3.05, 3.63) is 35.4 Å². The van der Waals surface area contributed by atoms with Gasteiger partial charge in [-0.1, -0.05) is 29.8 Å². The first kappa shape index (κ1) is 15.2. The zero-order valence-corrected chi connectivity index (χ0v) is 12.8. The molecule has 1 aromatic carbocycles. The van der Waals surface area contributed by atoms with Gasteiger partial charge >= 0.3 is 0 Å². The first-order valence-corrected chi connectivity index (χ1v) is 7.50. The number of hydrogen-bond acceptors (Lipinski definition) is 3. The van der Waals surface area contributed by atoms with Gasteiger partial charge in [-0.15, -0.1) is 0 Å². The molecule has 0 amide bonds. The normalized spacial score (nSPS) is 20.9. The maximum absolute atomic E-state index is 12.5. The Balaban J connectivity index is 1.93. The van der Waals surface area contributed by atoms with Crippen LogP contribution in [0.2, 0.25) is 0 Å². The van der Waals surface area contributed by atoms with E-state index >= 15 is 0 Å². The van der Waals surface area contributed by atoms with Gasteiger partial charge in [0.1, 0.15) is 0 Å². The van der Waals surface area contributed by atoms with Gasteiger partial charge in [0.05, 0.1) is 12.1 Å². The van der Waals surface area contributed by atoms with Crippen LogP contribution in [0, 0.1) is 6.92 Å². The fraction of sp³-hybridized carbons (Fsp3) is 0.588. The molecular formula is C17H25NO2. The monoisotopic (exact) mass is 275 g/mol. The molecule has 3 heteroatoms. The van der Waals surface area contributed by atoms with E-state index in [1.165, 1.54) is 12.0 Å². The van der Waals surface area contributed by atoms with Crippen molar-refractivity contribution in [2.75, 3.05) is 20.2 Å². The third-order valence-corrected chi connectivity index (χ3v) is 4.14. The summed E-state index contributed by atoms with van der Waals surface area (Å²) in [6.45, 7) is 5.70. The van der Waals surface area contributed by atoms with E-state index in [0.717, 1.165) is 31.6 Å². The van der Waals surface area contributed by atoms with Crippen molar-refractivity contribution in [3.63, 3.8) is 0 Å². The van der Waals surface area contributed by atoms with Crippen molar-refractivity contribution in [1.82, 2.24) is 4.90 Å². The lowest BCUT2D eigenvalue weighted by Crippen LogP contribution is -2.42. The highest BCUT2D eigenvalue weighted by atomic mass is 16.5. The summed E-state index contributed by atoms with van der Waals surface area (Å²) in [5.74, 6) is 0.184. The predicted octanol–water partition coefficient (Wildman–Crippen LogP) is 3.07. The van der Waals surface area contributed by atoms with E-state index in [1.807, 2.05) is 45.2 Å². The number of aryl methyl sites for hydroxylation is 1. The molecule has 1 saturated heterocycles. The number of hydrogen-bond donors (Lipinski definition) is 0. The third-order valence-electron chi connectivity index (χ3n) is 4.14. The molecule has 0 saturated carbocycles. The van der Waals surface area contributed by atoms with Crippen LogP contribution in [-0.4, -0.2) is 43.0 Å². The molecule has 1 aliphatic rings. The lowest BCUT2D eigenvalue weighted by atomic mass is 10.0. The van der Waals surface area contributed by atoms with Crippen LogP contribution in [0.15, 0.2) is 24.3 Å². The van der Waals surface area contributed by atoms with Gasteiger partial charge in [-0.25, -0.2) is 0 Å². The van der Waals surface area contributed by atoms with E-state index in [-0.39, 0.29) is 17.9 Å². The topological polar surface area (TPSA) is 29.5 Å². The summed E-state index contributed by atoms with van der Waals surface area (Å²) in [4.78, 5) is 14.6. The summed E-state index contributed by atoms with van der Waals surface area (Å²) in [5, 5.41) is 0. The van der Waals surface area contributed by atoms with E-state index in [2.05, 4.69) is 4.90 Å². The molecule has 2 atom stereocenters. The average molecular weight is 275 g/mol. The van der Waals surface area contributed by atoms with E-state index in [1.54, 1.807) is 0 Å². The Labute approximate surface area is 121 Å². The van der Waals surface area contributed by atoms with Crippen LogP contribution in [0.5, 0.6) is 0 Å². The van der Waals surface area contributed by atoms with Gasteiger partial charge in [-0.05, 0) is 40.2 Å². The number of rotatable bonds is 5. The van der Waals surface area contributed by atoms with Crippen molar-refractivity contribution < 1.29 is 9.53 Å². The smallest absolute Gasteiger partial charge is 0.179 e. The standard InChI is InChI=1S/C17H25NO2/c1-13-7-9-15(10-8-13)17(19)14(2)18(3)12-16-6-4-5-11-20-16/h7-10,14,16H,4-6,11-12H2,1-3H3. The van der Waals surface area contributed by atoms with Crippen LogP contribution in [0.3, 0.4) is 0 Å². The molecule has 1 heterocycles. The highest BCUT2D eigenvalue weighted by molar-refractivity contribution is 5.99. The third kappa shape index (κ3) is 3.90. The molecule has 1 fully saturated rings. The molecule has 3 nitrogen and oxygen atoms in total. The van der Waals surface area contributed by atoms with E-state index in [9.17, 15) is 4.79 Å². The van der Waals surface area contributed by atoms with Crippen LogP contribution < -0.4 is 0 Å². The second-order valence-electron chi connectivity index (χ2n) is 5.83. The molecule has 0 spiro atoms. The summed E-state index contributed by atoms with van der Waals surface area (Å²) in [6, 6.07) is 7.70. The van der Waals surface area contributed by atoms with Gasteiger partial charge in [0.25, 0.3) is 0 Å². The second kappa shape index (κ2) is 7.00. The summed E-state index contributed by atoms with van der Waals surface area (Å²) < 4.78 is 5.75. The van der Waals surface area contributed by atoms with E-state index in [4.69, 9.17) is 4.74 Å². The molecule has 0 aromatic heterocycles. The quantitative estimate of drug-likeness (QED) is 0.773. The molecule has 1 aromatic rings. The molecule has 0 bridgehead atoms. The Morgan fingerprint density at radius 3 is 2.65 bits per heavy atom. The Morgan fingerprint density at radius 2 is 2.05 bits per heavy atom. The molecule has 110 valence electrons. The van der Waals surface area contributed by atoms with Gasteiger partial charge in [0.15, 0.2) is 5.78 Å². The van der Waals surface area contributed by atoms with Gasteiger partial charge in [-0.3, -0.25) is 9.69 Å². The van der Waals surface area contributed by atoms with Gasteiger partial charge < -0.3 is 4.74 Å². The van der Waals surface area contributed by atoms with Gasteiger partial charge in [-0.2, -0.15) is 0 Å². The Hall–Kier alpha value is -1.19. The molecule has 2 unspecified atom stereocenters. The van der Waals surface area contributed by atoms with Crippen molar-refractivity contribution in [2.45, 2.75) is 45.3 Å². The lowest BCUT2D eigenvalue weighted by Gasteiger charge is -2.30.